The SMILES string of the molecule is [O]c1ccc(OCI)cc1. The summed E-state index contributed by atoms with van der Waals surface area (Å²) in [7, 11) is 0. The van der Waals surface area contributed by atoms with Crippen LogP contribution in [0.4, 0.5) is 0 Å². The molecular formula is C7H6IO2. The van der Waals surface area contributed by atoms with E-state index in [1.54, 1.807) is 12.1 Å². The molecule has 0 aliphatic heterocycles. The van der Waals surface area contributed by atoms with Gasteiger partial charge in [0.25, 0.3) is 0 Å². The molecule has 1 aromatic carbocycles. The molecule has 1 aromatic rings. The van der Waals surface area contributed by atoms with Crippen molar-refractivity contribution in [1.82, 2.24) is 0 Å². The van der Waals surface area contributed by atoms with E-state index in [4.69, 9.17) is 4.74 Å². The first-order chi connectivity index (χ1) is 4.83. The molecule has 0 spiro atoms. The number of rotatable bonds is 2. The molecule has 53 valence electrons. The first kappa shape index (κ1) is 7.65. The highest BCUT2D eigenvalue weighted by atomic mass is 127. The lowest BCUT2D eigenvalue weighted by atomic mass is 10.3. The zero-order valence-electron chi connectivity index (χ0n) is 5.21. The third-order valence-electron chi connectivity index (χ3n) is 1.04. The number of benzene rings is 1. The smallest absolute Gasteiger partial charge is 0.178 e. The van der Waals surface area contributed by atoms with Gasteiger partial charge < -0.3 is 4.74 Å². The Bertz CT molecular complexity index is 195. The molecule has 0 amide bonds. The lowest BCUT2D eigenvalue weighted by Gasteiger charge is -1.98. The van der Waals surface area contributed by atoms with Crippen molar-refractivity contribution in [3.8, 4) is 11.5 Å². The number of hydrogen-bond acceptors (Lipinski definition) is 1. The molecule has 3 heteroatoms. The molecule has 0 unspecified atom stereocenters. The van der Waals surface area contributed by atoms with Crippen molar-refractivity contribution in [2.45, 2.75) is 0 Å². The summed E-state index contributed by atoms with van der Waals surface area (Å²) in [6, 6.07) is 6.31. The third-order valence-corrected chi connectivity index (χ3v) is 1.36. The summed E-state index contributed by atoms with van der Waals surface area (Å²) in [6.45, 7) is 0. The molecule has 0 fully saturated rings. The molecule has 1 radical (unpaired) electrons. The van der Waals surface area contributed by atoms with Crippen molar-refractivity contribution in [3.63, 3.8) is 0 Å². The predicted octanol–water partition coefficient (Wildman–Crippen LogP) is 2.60. The largest absolute Gasteiger partial charge is 0.483 e. The summed E-state index contributed by atoms with van der Waals surface area (Å²) in [4.78, 5) is 0. The molecule has 0 heterocycles. The molecule has 0 saturated heterocycles. The second-order valence-corrected chi connectivity index (χ2v) is 2.35. The Balaban J connectivity index is 2.69. The van der Waals surface area contributed by atoms with E-state index >= 15 is 0 Å². The molecule has 0 atom stereocenters. The Morgan fingerprint density at radius 1 is 1.30 bits per heavy atom. The van der Waals surface area contributed by atoms with Crippen LogP contribution in [0.3, 0.4) is 0 Å². The molecule has 10 heavy (non-hydrogen) atoms. The van der Waals surface area contributed by atoms with Gasteiger partial charge in [-0.05, 0) is 46.9 Å². The van der Waals surface area contributed by atoms with Crippen LogP contribution in [0.1, 0.15) is 0 Å². The summed E-state index contributed by atoms with van der Waals surface area (Å²) in [5.41, 5.74) is 0. The van der Waals surface area contributed by atoms with Gasteiger partial charge in [-0.3, -0.25) is 5.11 Å². The van der Waals surface area contributed by atoms with Crippen LogP contribution in [-0.4, -0.2) is 4.61 Å². The molecule has 2 nitrogen and oxygen atoms in total. The second kappa shape index (κ2) is 3.65. The quantitative estimate of drug-likeness (QED) is 0.585. The maximum atomic E-state index is 10.6. The number of hydrogen-bond donors (Lipinski definition) is 0. The molecular weight excluding hydrogens is 243 g/mol. The first-order valence-corrected chi connectivity index (χ1v) is 4.31. The lowest BCUT2D eigenvalue weighted by Crippen LogP contribution is -1.86. The normalized spacial score (nSPS) is 9.30. The van der Waals surface area contributed by atoms with Crippen molar-refractivity contribution >= 4 is 22.6 Å². The van der Waals surface area contributed by atoms with Crippen molar-refractivity contribution in [1.29, 1.82) is 0 Å². The maximum Gasteiger partial charge on any atom is 0.178 e. The fourth-order valence-corrected chi connectivity index (χ4v) is 0.958. The Labute approximate surface area is 73.0 Å². The van der Waals surface area contributed by atoms with E-state index in [0.29, 0.717) is 4.61 Å². The second-order valence-electron chi connectivity index (χ2n) is 1.72. The van der Waals surface area contributed by atoms with Gasteiger partial charge in [0.2, 0.25) is 0 Å². The van der Waals surface area contributed by atoms with Crippen LogP contribution in [0.5, 0.6) is 11.5 Å². The molecule has 0 aliphatic carbocycles. The van der Waals surface area contributed by atoms with Gasteiger partial charge >= 0.3 is 0 Å². The minimum Gasteiger partial charge on any atom is -0.483 e. The van der Waals surface area contributed by atoms with Crippen LogP contribution >= 0.6 is 22.6 Å². The summed E-state index contributed by atoms with van der Waals surface area (Å²) in [5.74, 6) is 0.759. The van der Waals surface area contributed by atoms with Gasteiger partial charge in [-0.15, -0.1) is 0 Å². The Morgan fingerprint density at radius 2 is 1.90 bits per heavy atom. The average molecular weight is 249 g/mol. The van der Waals surface area contributed by atoms with Crippen LogP contribution in [0.15, 0.2) is 24.3 Å². The van der Waals surface area contributed by atoms with E-state index in [2.05, 4.69) is 22.6 Å². The third kappa shape index (κ3) is 2.06. The fraction of sp³-hybridized carbons (Fsp3) is 0.143. The van der Waals surface area contributed by atoms with E-state index in [-0.39, 0.29) is 5.75 Å². The Morgan fingerprint density at radius 3 is 2.40 bits per heavy atom. The topological polar surface area (TPSA) is 29.1 Å². The highest BCUT2D eigenvalue weighted by Gasteiger charge is 1.91. The molecule has 0 N–H and O–H groups in total. The highest BCUT2D eigenvalue weighted by Crippen LogP contribution is 2.16. The van der Waals surface area contributed by atoms with Gasteiger partial charge in [-0.1, -0.05) is 0 Å². The van der Waals surface area contributed by atoms with Crippen LogP contribution in [0.25, 0.3) is 0 Å². The maximum absolute atomic E-state index is 10.6. The van der Waals surface area contributed by atoms with Crippen molar-refractivity contribution in [3.05, 3.63) is 24.3 Å². The zero-order valence-corrected chi connectivity index (χ0v) is 7.37. The van der Waals surface area contributed by atoms with Gasteiger partial charge in [0.1, 0.15) is 10.4 Å². The standard InChI is InChI=1S/C7H6IO2/c8-5-10-7-3-1-6(9)2-4-7/h1-4H,5H2. The van der Waals surface area contributed by atoms with Gasteiger partial charge in [-0.25, -0.2) is 0 Å². The van der Waals surface area contributed by atoms with E-state index in [9.17, 15) is 5.11 Å². The minimum atomic E-state index is 0.0146. The highest BCUT2D eigenvalue weighted by molar-refractivity contribution is 14.1. The summed E-state index contributed by atoms with van der Waals surface area (Å²) < 4.78 is 5.72. The summed E-state index contributed by atoms with van der Waals surface area (Å²) >= 11 is 2.10. The van der Waals surface area contributed by atoms with Gasteiger partial charge in [-0.2, -0.15) is 0 Å². The van der Waals surface area contributed by atoms with Crippen molar-refractivity contribution in [2.75, 3.05) is 4.61 Å². The summed E-state index contributed by atoms with van der Waals surface area (Å²) in [5, 5.41) is 10.6. The Kier molecular flexibility index (Phi) is 2.80. The van der Waals surface area contributed by atoms with E-state index in [1.807, 2.05) is 0 Å². The number of alkyl halides is 1. The zero-order chi connectivity index (χ0) is 7.40. The predicted molar refractivity (Wildman–Crippen MR) is 46.1 cm³/mol. The van der Waals surface area contributed by atoms with E-state index in [0.717, 1.165) is 5.75 Å². The number of halogens is 1. The van der Waals surface area contributed by atoms with Crippen molar-refractivity contribution in [2.24, 2.45) is 0 Å². The average Bonchev–Trinajstić information content (AvgIpc) is 1.95. The first-order valence-electron chi connectivity index (χ1n) is 2.79. The van der Waals surface area contributed by atoms with Crippen molar-refractivity contribution < 1.29 is 9.84 Å². The Hall–Kier alpha value is -0.450. The molecule has 0 aliphatic rings. The van der Waals surface area contributed by atoms with Crippen LogP contribution < -0.4 is 4.74 Å². The fourth-order valence-electron chi connectivity index (χ4n) is 0.599. The summed E-state index contributed by atoms with van der Waals surface area (Å²) in [6.07, 6.45) is 0. The van der Waals surface area contributed by atoms with Crippen LogP contribution in [-0.2, 0) is 5.11 Å². The molecule has 0 saturated carbocycles. The molecule has 1 rings (SSSR count). The van der Waals surface area contributed by atoms with E-state index in [1.165, 1.54) is 12.1 Å². The van der Waals surface area contributed by atoms with Crippen LogP contribution in [0.2, 0.25) is 0 Å². The van der Waals surface area contributed by atoms with Gasteiger partial charge in [0.15, 0.2) is 5.75 Å². The minimum absolute atomic E-state index is 0.0146. The molecule has 0 aromatic heterocycles. The monoisotopic (exact) mass is 249 g/mol. The van der Waals surface area contributed by atoms with Gasteiger partial charge in [0.05, 0.1) is 0 Å². The van der Waals surface area contributed by atoms with Gasteiger partial charge in [0, 0.05) is 0 Å². The van der Waals surface area contributed by atoms with Crippen LogP contribution in [0, 0.1) is 0 Å². The molecule has 0 bridgehead atoms. The van der Waals surface area contributed by atoms with E-state index < -0.39 is 0 Å². The number of ether oxygens (including phenoxy) is 1. The lowest BCUT2D eigenvalue weighted by molar-refractivity contribution is 0.352.